The summed E-state index contributed by atoms with van der Waals surface area (Å²) in [5.41, 5.74) is 3.19. The number of pyridine rings is 1. The lowest BCUT2D eigenvalue weighted by Gasteiger charge is -2.25. The lowest BCUT2D eigenvalue weighted by Crippen LogP contribution is -2.35. The second-order valence-electron chi connectivity index (χ2n) is 9.17. The third-order valence-electron chi connectivity index (χ3n) is 6.03. The highest BCUT2D eigenvalue weighted by Gasteiger charge is 2.23. The fraction of sp³-hybridized carbons (Fsp3) is 0.385. The Bertz CT molecular complexity index is 1250. The van der Waals surface area contributed by atoms with Crippen molar-refractivity contribution in [3.8, 4) is 0 Å². The van der Waals surface area contributed by atoms with Gasteiger partial charge in [-0.25, -0.2) is 18.7 Å². The van der Waals surface area contributed by atoms with Crippen LogP contribution in [0.15, 0.2) is 52.4 Å². The molecule has 1 atom stereocenters. The molecule has 0 bridgehead atoms. The normalized spacial score (nSPS) is 13.4. The van der Waals surface area contributed by atoms with E-state index >= 15 is 0 Å². The van der Waals surface area contributed by atoms with E-state index in [0.29, 0.717) is 12.1 Å². The summed E-state index contributed by atoms with van der Waals surface area (Å²) in [5.74, 6) is -2.00. The number of hydrogen-bond donors (Lipinski definition) is 1. The zero-order valence-corrected chi connectivity index (χ0v) is 20.1. The molecule has 1 N–H and O–H groups in total. The number of rotatable bonds is 8. The summed E-state index contributed by atoms with van der Waals surface area (Å²) >= 11 is 0. The van der Waals surface area contributed by atoms with E-state index in [1.807, 2.05) is 27.7 Å². The number of nitrogens with zero attached hydrogens (tertiary/aromatic N) is 2. The summed E-state index contributed by atoms with van der Waals surface area (Å²) in [5, 5.41) is 0.0642. The maximum Gasteiger partial charge on any atom is 0.200 e. The Hall–Kier alpha value is -3.13. The highest BCUT2D eigenvalue weighted by atomic mass is 19.2. The minimum Gasteiger partial charge on any atom is -0.346 e. The lowest BCUT2D eigenvalue weighted by atomic mass is 9.86. The zero-order valence-electron chi connectivity index (χ0n) is 20.1. The van der Waals surface area contributed by atoms with Crippen LogP contribution < -0.4 is 10.9 Å². The van der Waals surface area contributed by atoms with Crippen molar-refractivity contribution in [2.24, 2.45) is 10.9 Å². The number of amidine groups is 1. The highest BCUT2D eigenvalue weighted by Crippen LogP contribution is 2.24. The molecule has 0 saturated carbocycles. The molecule has 0 aliphatic heterocycles. The second-order valence-corrected chi connectivity index (χ2v) is 9.17. The summed E-state index contributed by atoms with van der Waals surface area (Å²) < 4.78 is 43.0. The van der Waals surface area contributed by atoms with Gasteiger partial charge in [-0.05, 0) is 29.7 Å². The number of hydrogen-bond acceptors (Lipinski definition) is 3. The van der Waals surface area contributed by atoms with Crippen LogP contribution in [-0.4, -0.2) is 24.1 Å². The van der Waals surface area contributed by atoms with Crippen LogP contribution in [0.25, 0.3) is 10.9 Å². The Labute approximate surface area is 197 Å². The summed E-state index contributed by atoms with van der Waals surface area (Å²) in [7, 11) is 1.50. The zero-order chi connectivity index (χ0) is 25.0. The number of halogens is 3. The summed E-state index contributed by atoms with van der Waals surface area (Å²) in [6.45, 7) is 8.67. The molecule has 3 rings (SSSR count). The van der Waals surface area contributed by atoms with Gasteiger partial charge in [0.05, 0.1) is 17.7 Å². The number of benzene rings is 2. The third-order valence-corrected chi connectivity index (χ3v) is 6.03. The quantitative estimate of drug-likeness (QED) is 0.273. The maximum atomic E-state index is 14.0. The number of fused-ring (bicyclic) bond motifs is 1. The van der Waals surface area contributed by atoms with Gasteiger partial charge in [-0.1, -0.05) is 46.2 Å². The van der Waals surface area contributed by atoms with E-state index < -0.39 is 22.5 Å². The standard InChI is InChI=1S/C26H30F3N3O2/c1-6-16(2)13-32-14-20(24(33)19-11-21(28)22(29)12-23(19)32)25(30-5)31-34-15-26(3,4)17-7-9-18(27)10-8-17/h7-12,14,16H,6,13,15H2,1-5H3,(H,30,31). The lowest BCUT2D eigenvalue weighted by molar-refractivity contribution is 0.0516. The molecule has 0 radical (unpaired) electrons. The topological polar surface area (TPSA) is 55.6 Å². The first-order valence-electron chi connectivity index (χ1n) is 11.2. The van der Waals surface area contributed by atoms with Crippen LogP contribution >= 0.6 is 0 Å². The predicted octanol–water partition coefficient (Wildman–Crippen LogP) is 5.34. The molecule has 0 spiro atoms. The van der Waals surface area contributed by atoms with E-state index in [0.717, 1.165) is 24.1 Å². The van der Waals surface area contributed by atoms with Gasteiger partial charge in [0, 0.05) is 36.7 Å². The average Bonchev–Trinajstić information content (AvgIpc) is 2.80. The van der Waals surface area contributed by atoms with Crippen LogP contribution in [-0.2, 0) is 16.8 Å². The van der Waals surface area contributed by atoms with Crippen molar-refractivity contribution >= 4 is 16.7 Å². The van der Waals surface area contributed by atoms with Crippen molar-refractivity contribution in [1.82, 2.24) is 10.0 Å². The fourth-order valence-corrected chi connectivity index (χ4v) is 3.66. The molecule has 0 saturated heterocycles. The first kappa shape index (κ1) is 25.5. The SMILES string of the molecule is CCC(C)Cn1cc(C(=NC)NOCC(C)(C)c2ccc(F)cc2)c(=O)c2cc(F)c(F)cc21. The Balaban J connectivity index is 1.92. The number of aliphatic imine (C=N–C) groups is 1. The van der Waals surface area contributed by atoms with Crippen molar-refractivity contribution in [3.63, 3.8) is 0 Å². The van der Waals surface area contributed by atoms with E-state index in [1.165, 1.54) is 19.2 Å². The Morgan fingerprint density at radius 3 is 2.41 bits per heavy atom. The van der Waals surface area contributed by atoms with Gasteiger partial charge in [-0.2, -0.15) is 0 Å². The summed E-state index contributed by atoms with van der Waals surface area (Å²) in [6, 6.07) is 8.14. The molecule has 1 unspecified atom stereocenters. The summed E-state index contributed by atoms with van der Waals surface area (Å²) in [6.07, 6.45) is 2.47. The van der Waals surface area contributed by atoms with Crippen molar-refractivity contribution < 1.29 is 18.0 Å². The molecule has 0 aliphatic rings. The van der Waals surface area contributed by atoms with E-state index in [2.05, 4.69) is 10.5 Å². The molecular formula is C26H30F3N3O2. The molecule has 5 nitrogen and oxygen atoms in total. The predicted molar refractivity (Wildman–Crippen MR) is 129 cm³/mol. The monoisotopic (exact) mass is 473 g/mol. The van der Waals surface area contributed by atoms with Crippen molar-refractivity contribution in [3.05, 3.63) is 81.4 Å². The van der Waals surface area contributed by atoms with E-state index in [9.17, 15) is 18.0 Å². The van der Waals surface area contributed by atoms with Crippen LogP contribution in [0.2, 0.25) is 0 Å². The molecule has 1 heterocycles. The molecule has 182 valence electrons. The van der Waals surface area contributed by atoms with Crippen LogP contribution in [0.5, 0.6) is 0 Å². The smallest absolute Gasteiger partial charge is 0.200 e. The van der Waals surface area contributed by atoms with Gasteiger partial charge in [-0.15, -0.1) is 0 Å². The molecule has 2 aromatic carbocycles. The molecule has 0 aliphatic carbocycles. The van der Waals surface area contributed by atoms with Gasteiger partial charge >= 0.3 is 0 Å². The molecule has 34 heavy (non-hydrogen) atoms. The average molecular weight is 474 g/mol. The van der Waals surface area contributed by atoms with Crippen LogP contribution in [0.1, 0.15) is 45.2 Å². The van der Waals surface area contributed by atoms with Gasteiger partial charge < -0.3 is 4.57 Å². The first-order chi connectivity index (χ1) is 16.1. The first-order valence-corrected chi connectivity index (χ1v) is 11.2. The molecule has 8 heteroatoms. The third kappa shape index (κ3) is 5.50. The van der Waals surface area contributed by atoms with Gasteiger partial charge in [-0.3, -0.25) is 14.6 Å². The Morgan fingerprint density at radius 2 is 1.79 bits per heavy atom. The minimum atomic E-state index is -1.09. The van der Waals surface area contributed by atoms with Crippen molar-refractivity contribution in [2.75, 3.05) is 13.7 Å². The largest absolute Gasteiger partial charge is 0.346 e. The number of aromatic nitrogens is 1. The maximum absolute atomic E-state index is 14.0. The Kier molecular flexibility index (Phi) is 7.82. The highest BCUT2D eigenvalue weighted by molar-refractivity contribution is 6.00. The number of hydroxylamine groups is 1. The summed E-state index contributed by atoms with van der Waals surface area (Å²) in [4.78, 5) is 23.0. The second kappa shape index (κ2) is 10.4. The van der Waals surface area contributed by atoms with E-state index in [-0.39, 0.29) is 35.1 Å². The number of nitrogens with one attached hydrogen (secondary N) is 1. The van der Waals surface area contributed by atoms with Gasteiger partial charge in [0.2, 0.25) is 0 Å². The van der Waals surface area contributed by atoms with Gasteiger partial charge in [0.25, 0.3) is 0 Å². The van der Waals surface area contributed by atoms with Crippen molar-refractivity contribution in [1.29, 1.82) is 0 Å². The van der Waals surface area contributed by atoms with Gasteiger partial charge in [0.1, 0.15) is 5.82 Å². The molecule has 1 aromatic heterocycles. The van der Waals surface area contributed by atoms with Gasteiger partial charge in [0.15, 0.2) is 22.9 Å². The van der Waals surface area contributed by atoms with Crippen LogP contribution in [0.4, 0.5) is 13.2 Å². The van der Waals surface area contributed by atoms with Crippen molar-refractivity contribution in [2.45, 2.75) is 46.1 Å². The molecular weight excluding hydrogens is 443 g/mol. The molecule has 3 aromatic rings. The van der Waals surface area contributed by atoms with E-state index in [4.69, 9.17) is 4.84 Å². The van der Waals surface area contributed by atoms with E-state index in [1.54, 1.807) is 22.9 Å². The molecule has 0 fully saturated rings. The minimum absolute atomic E-state index is 0.0642. The fourth-order valence-electron chi connectivity index (χ4n) is 3.66. The Morgan fingerprint density at radius 1 is 1.15 bits per heavy atom. The van der Waals surface area contributed by atoms with Crippen LogP contribution in [0.3, 0.4) is 0 Å². The van der Waals surface area contributed by atoms with Crippen LogP contribution in [0, 0.1) is 23.4 Å². The molecule has 0 amide bonds.